The highest BCUT2D eigenvalue weighted by atomic mass is 19.1. The number of rotatable bonds is 2. The third-order valence-corrected chi connectivity index (χ3v) is 4.25. The lowest BCUT2D eigenvalue weighted by molar-refractivity contribution is -0.122. The van der Waals surface area contributed by atoms with Gasteiger partial charge in [-0.25, -0.2) is 9.82 Å². The summed E-state index contributed by atoms with van der Waals surface area (Å²) < 4.78 is 14.0. The van der Waals surface area contributed by atoms with E-state index >= 15 is 0 Å². The van der Waals surface area contributed by atoms with Gasteiger partial charge in [-0.1, -0.05) is 6.07 Å². The predicted octanol–water partition coefficient (Wildman–Crippen LogP) is 2.76. The average Bonchev–Trinajstić information content (AvgIpc) is 3.24. The highest BCUT2D eigenvalue weighted by Crippen LogP contribution is 2.33. The molecule has 0 saturated heterocycles. The summed E-state index contributed by atoms with van der Waals surface area (Å²) in [6.45, 7) is 5.85. The fourth-order valence-corrected chi connectivity index (χ4v) is 2.60. The van der Waals surface area contributed by atoms with Gasteiger partial charge in [-0.15, -0.1) is 0 Å². The molecule has 4 nitrogen and oxygen atoms in total. The maximum absolute atomic E-state index is 14.0. The van der Waals surface area contributed by atoms with Crippen molar-refractivity contribution in [1.29, 1.82) is 0 Å². The molecule has 21 heavy (non-hydrogen) atoms. The normalized spacial score (nSPS) is 21.6. The zero-order valence-corrected chi connectivity index (χ0v) is 12.6. The smallest absolute Gasteiger partial charge is 0.243 e. The fourth-order valence-electron chi connectivity index (χ4n) is 2.60. The van der Waals surface area contributed by atoms with Crippen LogP contribution in [0.2, 0.25) is 0 Å². The molecule has 0 spiro atoms. The van der Waals surface area contributed by atoms with Gasteiger partial charge in [0.15, 0.2) is 0 Å². The number of aryl methyl sites for hydroxylation is 1. The van der Waals surface area contributed by atoms with Crippen molar-refractivity contribution in [2.75, 3.05) is 5.32 Å². The van der Waals surface area contributed by atoms with E-state index in [2.05, 4.69) is 15.8 Å². The topological polar surface area (TPSA) is 53.5 Å². The molecule has 112 valence electrons. The number of hydrazone groups is 1. The lowest BCUT2D eigenvalue weighted by Gasteiger charge is -2.36. The van der Waals surface area contributed by atoms with E-state index in [1.54, 1.807) is 6.07 Å². The Morgan fingerprint density at radius 2 is 2.14 bits per heavy atom. The molecule has 1 amide bonds. The van der Waals surface area contributed by atoms with Gasteiger partial charge in [0.25, 0.3) is 0 Å². The number of hydrogen-bond donors (Lipinski definition) is 2. The Labute approximate surface area is 123 Å². The van der Waals surface area contributed by atoms with E-state index in [0.29, 0.717) is 12.1 Å². The number of nitrogens with one attached hydrogen (secondary N) is 2. The van der Waals surface area contributed by atoms with E-state index in [1.165, 1.54) is 6.07 Å². The van der Waals surface area contributed by atoms with E-state index in [0.717, 1.165) is 29.7 Å². The Balaban J connectivity index is 1.90. The number of amides is 1. The number of nitrogens with zero attached hydrogens (tertiary/aromatic N) is 1. The molecule has 5 heteroatoms. The molecule has 1 aliphatic carbocycles. The molecular weight excluding hydrogens is 269 g/mol. The molecule has 1 fully saturated rings. The van der Waals surface area contributed by atoms with Crippen LogP contribution in [-0.4, -0.2) is 17.2 Å². The minimum absolute atomic E-state index is 0.0138. The number of anilines is 1. The van der Waals surface area contributed by atoms with Gasteiger partial charge >= 0.3 is 0 Å². The van der Waals surface area contributed by atoms with Crippen molar-refractivity contribution < 1.29 is 9.18 Å². The SMILES string of the molecule is Cc1ccc(F)c2c1C/C(=N/NC(=O)C1CC1)C(C)(C)N2. The zero-order valence-electron chi connectivity index (χ0n) is 12.6. The standard InChI is InChI=1S/C16H20FN3O/c1-9-4-7-12(17)14-11(9)8-13(16(2,3)18-14)19-20-15(21)10-5-6-10/h4,7,10,18H,5-6,8H2,1-3H3,(H,20,21)/b19-13-. The monoisotopic (exact) mass is 289 g/mol. The van der Waals surface area contributed by atoms with E-state index in [1.807, 2.05) is 20.8 Å². The molecule has 1 aromatic rings. The van der Waals surface area contributed by atoms with Gasteiger partial charge in [0, 0.05) is 12.3 Å². The Morgan fingerprint density at radius 3 is 2.81 bits per heavy atom. The van der Waals surface area contributed by atoms with Crippen molar-refractivity contribution in [2.24, 2.45) is 11.0 Å². The summed E-state index contributed by atoms with van der Waals surface area (Å²) in [5.74, 6) is -0.134. The number of benzene rings is 1. The number of halogens is 1. The second-order valence-corrected chi connectivity index (χ2v) is 6.45. The van der Waals surface area contributed by atoms with Crippen LogP contribution in [0, 0.1) is 18.7 Å². The van der Waals surface area contributed by atoms with Crippen molar-refractivity contribution in [2.45, 2.75) is 45.6 Å². The van der Waals surface area contributed by atoms with Crippen LogP contribution in [-0.2, 0) is 11.2 Å². The minimum Gasteiger partial charge on any atom is -0.372 e. The Bertz CT molecular complexity index is 633. The Morgan fingerprint density at radius 1 is 1.43 bits per heavy atom. The number of carbonyl (C=O) groups is 1. The van der Waals surface area contributed by atoms with Crippen molar-refractivity contribution in [3.05, 3.63) is 29.1 Å². The first-order valence-electron chi connectivity index (χ1n) is 7.31. The lowest BCUT2D eigenvalue weighted by atomic mass is 9.85. The molecule has 2 N–H and O–H groups in total. The lowest BCUT2D eigenvalue weighted by Crippen LogP contribution is -2.46. The zero-order chi connectivity index (χ0) is 15.2. The third-order valence-electron chi connectivity index (χ3n) is 4.25. The average molecular weight is 289 g/mol. The van der Waals surface area contributed by atoms with Crippen molar-refractivity contribution in [3.63, 3.8) is 0 Å². The van der Waals surface area contributed by atoms with Crippen LogP contribution in [0.25, 0.3) is 0 Å². The molecule has 0 atom stereocenters. The second kappa shape index (κ2) is 4.83. The molecule has 0 aromatic heterocycles. The molecule has 1 saturated carbocycles. The van der Waals surface area contributed by atoms with Crippen LogP contribution in [0.1, 0.15) is 37.8 Å². The number of hydrogen-bond acceptors (Lipinski definition) is 3. The molecule has 0 radical (unpaired) electrons. The molecule has 2 aliphatic rings. The van der Waals surface area contributed by atoms with E-state index in [-0.39, 0.29) is 17.6 Å². The maximum Gasteiger partial charge on any atom is 0.243 e. The first-order valence-corrected chi connectivity index (χ1v) is 7.31. The Hall–Kier alpha value is -1.91. The maximum atomic E-state index is 14.0. The first-order chi connectivity index (χ1) is 9.88. The molecule has 1 aliphatic heterocycles. The van der Waals surface area contributed by atoms with Gasteiger partial charge < -0.3 is 5.32 Å². The second-order valence-electron chi connectivity index (χ2n) is 6.45. The first kappa shape index (κ1) is 14.0. The third kappa shape index (κ3) is 2.64. The quantitative estimate of drug-likeness (QED) is 0.823. The van der Waals surface area contributed by atoms with Gasteiger partial charge in [0.1, 0.15) is 5.82 Å². The van der Waals surface area contributed by atoms with E-state index in [9.17, 15) is 9.18 Å². The summed E-state index contributed by atoms with van der Waals surface area (Å²) in [5.41, 5.74) is 5.46. The van der Waals surface area contributed by atoms with Crippen molar-refractivity contribution >= 4 is 17.3 Å². The summed E-state index contributed by atoms with van der Waals surface area (Å²) >= 11 is 0. The summed E-state index contributed by atoms with van der Waals surface area (Å²) in [6.07, 6.45) is 2.45. The molecular formula is C16H20FN3O. The van der Waals surface area contributed by atoms with Gasteiger partial charge in [-0.05, 0) is 50.8 Å². The van der Waals surface area contributed by atoms with Crippen molar-refractivity contribution in [3.8, 4) is 0 Å². The van der Waals surface area contributed by atoms with E-state index < -0.39 is 5.54 Å². The molecule has 1 aromatic carbocycles. The van der Waals surface area contributed by atoms with E-state index in [4.69, 9.17) is 0 Å². The van der Waals surface area contributed by atoms with Gasteiger partial charge in [-0.2, -0.15) is 5.10 Å². The fraction of sp³-hybridized carbons (Fsp3) is 0.500. The summed E-state index contributed by atoms with van der Waals surface area (Å²) in [5, 5.41) is 7.51. The summed E-state index contributed by atoms with van der Waals surface area (Å²) in [7, 11) is 0. The molecule has 0 unspecified atom stereocenters. The molecule has 0 bridgehead atoms. The van der Waals surface area contributed by atoms with Crippen molar-refractivity contribution in [1.82, 2.24) is 5.43 Å². The molecule has 1 heterocycles. The predicted molar refractivity (Wildman–Crippen MR) is 80.8 cm³/mol. The van der Waals surface area contributed by atoms with Gasteiger partial charge in [0.05, 0.1) is 16.9 Å². The van der Waals surface area contributed by atoms with Crippen LogP contribution in [0.4, 0.5) is 10.1 Å². The van der Waals surface area contributed by atoms with Gasteiger partial charge in [0.2, 0.25) is 5.91 Å². The van der Waals surface area contributed by atoms with Crippen LogP contribution in [0.15, 0.2) is 17.2 Å². The highest BCUT2D eigenvalue weighted by Gasteiger charge is 2.34. The van der Waals surface area contributed by atoms with Crippen LogP contribution >= 0.6 is 0 Å². The highest BCUT2D eigenvalue weighted by molar-refractivity contribution is 6.01. The van der Waals surface area contributed by atoms with Crippen LogP contribution in [0.5, 0.6) is 0 Å². The van der Waals surface area contributed by atoms with Gasteiger partial charge in [-0.3, -0.25) is 4.79 Å². The number of carbonyl (C=O) groups excluding carboxylic acids is 1. The largest absolute Gasteiger partial charge is 0.372 e. The Kier molecular flexibility index (Phi) is 3.23. The minimum atomic E-state index is -0.488. The number of fused-ring (bicyclic) bond motifs is 1. The van der Waals surface area contributed by atoms with Crippen LogP contribution in [0.3, 0.4) is 0 Å². The molecule has 3 rings (SSSR count). The summed E-state index contributed by atoms with van der Waals surface area (Å²) in [4.78, 5) is 11.7. The van der Waals surface area contributed by atoms with Crippen LogP contribution < -0.4 is 10.7 Å². The summed E-state index contributed by atoms with van der Waals surface area (Å²) in [6, 6.07) is 3.25.